The molecule has 2 aromatic rings. The largest absolute Gasteiger partial charge is 0.338 e. The lowest BCUT2D eigenvalue weighted by molar-refractivity contribution is 0.124. The molecule has 0 radical (unpaired) electrons. The lowest BCUT2D eigenvalue weighted by Gasteiger charge is -2.49. The van der Waals surface area contributed by atoms with E-state index in [1.54, 1.807) is 0 Å². The second kappa shape index (κ2) is 6.98. The van der Waals surface area contributed by atoms with Gasteiger partial charge in [0.05, 0.1) is 0 Å². The Morgan fingerprint density at radius 3 is 1.79 bits per heavy atom. The van der Waals surface area contributed by atoms with Gasteiger partial charge in [0.1, 0.15) is 0 Å². The van der Waals surface area contributed by atoms with E-state index in [1.807, 2.05) is 0 Å². The van der Waals surface area contributed by atoms with Crippen molar-refractivity contribution in [1.29, 1.82) is 0 Å². The number of hydrogen-bond acceptors (Lipinski definition) is 2. The molecule has 2 N–H and O–H groups in total. The third-order valence-corrected chi connectivity index (χ3v) is 6.12. The predicted octanol–water partition coefficient (Wildman–Crippen LogP) is 5.12. The molecule has 0 amide bonds. The van der Waals surface area contributed by atoms with Crippen LogP contribution in [0.25, 0.3) is 0 Å². The van der Waals surface area contributed by atoms with Gasteiger partial charge in [-0.15, -0.1) is 0 Å². The molecule has 4 atom stereocenters. The van der Waals surface area contributed by atoms with Crippen molar-refractivity contribution >= 4 is 11.4 Å². The van der Waals surface area contributed by atoms with E-state index in [0.29, 0.717) is 18.0 Å². The van der Waals surface area contributed by atoms with E-state index in [-0.39, 0.29) is 0 Å². The molecule has 2 aromatic carbocycles. The fourth-order valence-electron chi connectivity index (χ4n) is 5.02. The van der Waals surface area contributed by atoms with Gasteiger partial charge in [-0.05, 0) is 61.8 Å². The highest BCUT2D eigenvalue weighted by Gasteiger charge is 2.41. The zero-order valence-electron chi connectivity index (χ0n) is 14.4. The van der Waals surface area contributed by atoms with Gasteiger partial charge in [0.15, 0.2) is 0 Å². The van der Waals surface area contributed by atoms with E-state index in [9.17, 15) is 0 Å². The fraction of sp³-hybridized carbons (Fsp3) is 0.455. The van der Waals surface area contributed by atoms with Crippen LogP contribution in [0.3, 0.4) is 0 Å². The molecule has 24 heavy (non-hydrogen) atoms. The Labute approximate surface area is 145 Å². The molecule has 0 spiro atoms. The number of fused-ring (bicyclic) bond motifs is 1. The second-order valence-corrected chi connectivity index (χ2v) is 7.46. The minimum Gasteiger partial charge on any atom is -0.338 e. The summed E-state index contributed by atoms with van der Waals surface area (Å²) in [5.74, 6) is 1.43. The third-order valence-electron chi connectivity index (χ3n) is 6.12. The maximum absolute atomic E-state index is 6.51. The number of para-hydroxylation sites is 2. The Bertz CT molecular complexity index is 600. The van der Waals surface area contributed by atoms with Gasteiger partial charge in [-0.25, -0.2) is 0 Å². The van der Waals surface area contributed by atoms with Crippen molar-refractivity contribution in [1.82, 2.24) is 0 Å². The van der Waals surface area contributed by atoms with E-state index in [0.717, 1.165) is 12.3 Å². The van der Waals surface area contributed by atoms with Gasteiger partial charge >= 0.3 is 0 Å². The number of rotatable bonds is 3. The predicted molar refractivity (Wildman–Crippen MR) is 101 cm³/mol. The van der Waals surface area contributed by atoms with E-state index in [1.165, 1.54) is 43.5 Å². The van der Waals surface area contributed by atoms with Crippen molar-refractivity contribution in [3.05, 3.63) is 60.7 Å². The Morgan fingerprint density at radius 2 is 1.21 bits per heavy atom. The van der Waals surface area contributed by atoms with E-state index in [4.69, 9.17) is 5.73 Å². The van der Waals surface area contributed by atoms with Gasteiger partial charge in [-0.2, -0.15) is 0 Å². The van der Waals surface area contributed by atoms with Gasteiger partial charge in [-0.3, -0.25) is 0 Å². The summed E-state index contributed by atoms with van der Waals surface area (Å²) in [6, 6.07) is 22.8. The summed E-state index contributed by atoms with van der Waals surface area (Å²) in [4.78, 5) is 2.59. The molecule has 4 unspecified atom stereocenters. The summed E-state index contributed by atoms with van der Waals surface area (Å²) in [5, 5.41) is 0. The number of nitrogens with two attached hydrogens (primary N) is 1. The maximum atomic E-state index is 6.51. The van der Waals surface area contributed by atoms with Crippen LogP contribution in [0.2, 0.25) is 0 Å². The first kappa shape index (κ1) is 15.7. The van der Waals surface area contributed by atoms with Crippen LogP contribution in [0.5, 0.6) is 0 Å². The van der Waals surface area contributed by atoms with Crippen LogP contribution in [0, 0.1) is 11.8 Å². The molecule has 0 bridgehead atoms. The molecule has 2 aliphatic carbocycles. The van der Waals surface area contributed by atoms with Crippen LogP contribution in [0.1, 0.15) is 38.5 Å². The van der Waals surface area contributed by atoms with Crippen molar-refractivity contribution in [2.45, 2.75) is 50.6 Å². The lowest BCUT2D eigenvalue weighted by Crippen LogP contribution is -2.52. The number of nitrogens with zero attached hydrogens (tertiary/aromatic N) is 1. The van der Waals surface area contributed by atoms with Gasteiger partial charge in [0.25, 0.3) is 0 Å². The van der Waals surface area contributed by atoms with Crippen LogP contribution in [-0.2, 0) is 0 Å². The summed E-state index contributed by atoms with van der Waals surface area (Å²) in [6.45, 7) is 0. The SMILES string of the molecule is NC1CCC(N(c2ccccc2)c2ccccc2)C2CCCCC12. The second-order valence-electron chi connectivity index (χ2n) is 7.46. The molecule has 2 fully saturated rings. The Balaban J connectivity index is 1.73. The van der Waals surface area contributed by atoms with Crippen LogP contribution in [0.15, 0.2) is 60.7 Å². The van der Waals surface area contributed by atoms with Crippen molar-refractivity contribution in [2.24, 2.45) is 17.6 Å². The summed E-state index contributed by atoms with van der Waals surface area (Å²) in [5.41, 5.74) is 9.14. The van der Waals surface area contributed by atoms with Crippen LogP contribution < -0.4 is 10.6 Å². The number of anilines is 2. The van der Waals surface area contributed by atoms with Gasteiger partial charge in [-0.1, -0.05) is 49.2 Å². The van der Waals surface area contributed by atoms with Gasteiger partial charge < -0.3 is 10.6 Å². The number of benzene rings is 2. The average molecular weight is 320 g/mol. The highest BCUT2D eigenvalue weighted by atomic mass is 15.2. The van der Waals surface area contributed by atoms with Crippen LogP contribution >= 0.6 is 0 Å². The Hall–Kier alpha value is -1.80. The first-order valence-electron chi connectivity index (χ1n) is 9.49. The summed E-state index contributed by atoms with van der Waals surface area (Å²) < 4.78 is 0. The third kappa shape index (κ3) is 2.95. The van der Waals surface area contributed by atoms with E-state index in [2.05, 4.69) is 65.6 Å². The zero-order valence-corrected chi connectivity index (χ0v) is 14.4. The molecule has 4 rings (SSSR count). The zero-order chi connectivity index (χ0) is 16.4. The smallest absolute Gasteiger partial charge is 0.0413 e. The maximum Gasteiger partial charge on any atom is 0.0413 e. The van der Waals surface area contributed by atoms with E-state index < -0.39 is 0 Å². The standard InChI is InChI=1S/C22H28N2/c23-21-15-16-22(20-14-8-7-13-19(20)21)24(17-9-3-1-4-10-17)18-11-5-2-6-12-18/h1-6,9-12,19-22H,7-8,13-16,23H2. The highest BCUT2D eigenvalue weighted by molar-refractivity contribution is 5.64. The molecule has 0 saturated heterocycles. The summed E-state index contributed by atoms with van der Waals surface area (Å²) >= 11 is 0. The Kier molecular flexibility index (Phi) is 4.57. The minimum atomic E-state index is 0.403. The number of hydrogen-bond donors (Lipinski definition) is 1. The minimum absolute atomic E-state index is 0.403. The Morgan fingerprint density at radius 1 is 0.667 bits per heavy atom. The lowest BCUT2D eigenvalue weighted by atomic mass is 9.65. The fourth-order valence-corrected chi connectivity index (χ4v) is 5.02. The van der Waals surface area contributed by atoms with Crippen molar-refractivity contribution in [3.63, 3.8) is 0 Å². The van der Waals surface area contributed by atoms with E-state index >= 15 is 0 Å². The average Bonchev–Trinajstić information content (AvgIpc) is 2.66. The monoisotopic (exact) mass is 320 g/mol. The molecular weight excluding hydrogens is 292 g/mol. The van der Waals surface area contributed by atoms with Crippen molar-refractivity contribution in [2.75, 3.05) is 4.90 Å². The van der Waals surface area contributed by atoms with Gasteiger partial charge in [0.2, 0.25) is 0 Å². The first-order chi connectivity index (χ1) is 11.8. The normalized spacial score (nSPS) is 29.7. The quantitative estimate of drug-likeness (QED) is 0.850. The van der Waals surface area contributed by atoms with Crippen LogP contribution in [0.4, 0.5) is 11.4 Å². The molecule has 0 aromatic heterocycles. The summed E-state index contributed by atoms with van der Waals surface area (Å²) in [6.07, 6.45) is 7.73. The van der Waals surface area contributed by atoms with Crippen molar-refractivity contribution < 1.29 is 0 Å². The van der Waals surface area contributed by atoms with Crippen LogP contribution in [-0.4, -0.2) is 12.1 Å². The first-order valence-corrected chi connectivity index (χ1v) is 9.49. The molecular formula is C22H28N2. The molecule has 0 aliphatic heterocycles. The molecule has 126 valence electrons. The molecule has 2 nitrogen and oxygen atoms in total. The van der Waals surface area contributed by atoms with Gasteiger partial charge in [0, 0.05) is 23.5 Å². The topological polar surface area (TPSA) is 29.3 Å². The molecule has 2 saturated carbocycles. The highest BCUT2D eigenvalue weighted by Crippen LogP contribution is 2.45. The van der Waals surface area contributed by atoms with Crippen molar-refractivity contribution in [3.8, 4) is 0 Å². The molecule has 2 heteroatoms. The summed E-state index contributed by atoms with van der Waals surface area (Å²) in [7, 11) is 0. The molecule has 2 aliphatic rings. The molecule has 0 heterocycles.